The standard InChI is InChI=1S/C10H7F3N2O/c11-10(12,13)4-6-2-1-3-7-8(6)14-5-15-9(7)16/h1-3,5H,4H2,(H,14,15,16). The van der Waals surface area contributed by atoms with Gasteiger partial charge in [0, 0.05) is 0 Å². The second kappa shape index (κ2) is 3.62. The van der Waals surface area contributed by atoms with Crippen molar-refractivity contribution in [2.45, 2.75) is 12.6 Å². The molecule has 0 spiro atoms. The Morgan fingerprint density at radius 3 is 2.75 bits per heavy atom. The maximum atomic E-state index is 12.3. The van der Waals surface area contributed by atoms with Gasteiger partial charge in [0.05, 0.1) is 23.7 Å². The molecule has 0 saturated heterocycles. The Morgan fingerprint density at radius 1 is 1.31 bits per heavy atom. The van der Waals surface area contributed by atoms with E-state index in [0.717, 1.165) is 6.33 Å². The van der Waals surface area contributed by atoms with Gasteiger partial charge in [-0.1, -0.05) is 12.1 Å². The van der Waals surface area contributed by atoms with Gasteiger partial charge < -0.3 is 4.98 Å². The first-order valence-corrected chi connectivity index (χ1v) is 4.49. The molecule has 0 aliphatic carbocycles. The molecule has 0 bridgehead atoms. The maximum absolute atomic E-state index is 12.3. The number of aromatic amines is 1. The number of alkyl halides is 3. The van der Waals surface area contributed by atoms with Crippen molar-refractivity contribution < 1.29 is 13.2 Å². The lowest BCUT2D eigenvalue weighted by Crippen LogP contribution is -2.14. The van der Waals surface area contributed by atoms with E-state index in [1.807, 2.05) is 0 Å². The number of hydrogen-bond donors (Lipinski definition) is 1. The summed E-state index contributed by atoms with van der Waals surface area (Å²) in [6.45, 7) is 0. The van der Waals surface area contributed by atoms with Crippen molar-refractivity contribution in [3.05, 3.63) is 40.4 Å². The molecule has 0 aliphatic rings. The molecule has 6 heteroatoms. The first-order valence-electron chi connectivity index (χ1n) is 4.49. The number of H-pyrrole nitrogens is 1. The smallest absolute Gasteiger partial charge is 0.313 e. The van der Waals surface area contributed by atoms with Gasteiger partial charge in [0.15, 0.2) is 0 Å². The summed E-state index contributed by atoms with van der Waals surface area (Å²) in [5, 5.41) is 0.171. The Bertz CT molecular complexity index is 574. The van der Waals surface area contributed by atoms with Crippen LogP contribution in [0.3, 0.4) is 0 Å². The molecule has 1 aromatic carbocycles. The number of nitrogens with zero attached hydrogens (tertiary/aromatic N) is 1. The van der Waals surface area contributed by atoms with E-state index in [9.17, 15) is 18.0 Å². The first-order chi connectivity index (χ1) is 7.47. The third-order valence-electron chi connectivity index (χ3n) is 2.14. The molecule has 0 fully saturated rings. The average Bonchev–Trinajstić information content (AvgIpc) is 2.17. The summed E-state index contributed by atoms with van der Waals surface area (Å²) in [6, 6.07) is 4.18. The van der Waals surface area contributed by atoms with Crippen molar-refractivity contribution in [2.24, 2.45) is 0 Å². The predicted octanol–water partition coefficient (Wildman–Crippen LogP) is 2.03. The van der Waals surface area contributed by atoms with E-state index in [1.54, 1.807) is 0 Å². The maximum Gasteiger partial charge on any atom is 0.393 e. The Morgan fingerprint density at radius 2 is 2.06 bits per heavy atom. The predicted molar refractivity (Wildman–Crippen MR) is 52.1 cm³/mol. The van der Waals surface area contributed by atoms with Gasteiger partial charge in [0.1, 0.15) is 0 Å². The summed E-state index contributed by atoms with van der Waals surface area (Å²) in [4.78, 5) is 17.4. The lowest BCUT2D eigenvalue weighted by atomic mass is 10.1. The number of hydrogen-bond acceptors (Lipinski definition) is 2. The number of para-hydroxylation sites is 1. The molecule has 2 aromatic rings. The Kier molecular flexibility index (Phi) is 2.41. The second-order valence-corrected chi connectivity index (χ2v) is 3.34. The molecule has 16 heavy (non-hydrogen) atoms. The van der Waals surface area contributed by atoms with E-state index in [-0.39, 0.29) is 16.5 Å². The third-order valence-corrected chi connectivity index (χ3v) is 2.14. The monoisotopic (exact) mass is 228 g/mol. The minimum Gasteiger partial charge on any atom is -0.313 e. The van der Waals surface area contributed by atoms with Gasteiger partial charge >= 0.3 is 6.18 Å². The number of fused-ring (bicyclic) bond motifs is 1. The normalized spacial score (nSPS) is 11.9. The molecular formula is C10H7F3N2O. The number of benzene rings is 1. The molecule has 0 radical (unpaired) electrons. The molecule has 1 aromatic heterocycles. The number of aromatic nitrogens is 2. The highest BCUT2D eigenvalue weighted by Gasteiger charge is 2.28. The molecule has 84 valence electrons. The summed E-state index contributed by atoms with van der Waals surface area (Å²) >= 11 is 0. The molecule has 0 aliphatic heterocycles. The molecule has 2 rings (SSSR count). The SMILES string of the molecule is O=c1[nH]cnc2c(CC(F)(F)F)cccc12. The van der Waals surface area contributed by atoms with Gasteiger partial charge in [-0.25, -0.2) is 4.98 Å². The summed E-state index contributed by atoms with van der Waals surface area (Å²) in [7, 11) is 0. The van der Waals surface area contributed by atoms with Crippen LogP contribution >= 0.6 is 0 Å². The number of halogens is 3. The minimum absolute atomic E-state index is 0.0103. The zero-order valence-electron chi connectivity index (χ0n) is 8.01. The van der Waals surface area contributed by atoms with Crippen molar-refractivity contribution in [2.75, 3.05) is 0 Å². The van der Waals surface area contributed by atoms with E-state index in [2.05, 4.69) is 9.97 Å². The molecule has 3 nitrogen and oxygen atoms in total. The van der Waals surface area contributed by atoms with Crippen LogP contribution in [0.4, 0.5) is 13.2 Å². The highest BCUT2D eigenvalue weighted by Crippen LogP contribution is 2.24. The van der Waals surface area contributed by atoms with Crippen LogP contribution in [0.5, 0.6) is 0 Å². The van der Waals surface area contributed by atoms with Crippen LogP contribution in [-0.4, -0.2) is 16.1 Å². The molecule has 0 atom stereocenters. The zero-order chi connectivity index (χ0) is 11.8. The largest absolute Gasteiger partial charge is 0.393 e. The molecular weight excluding hydrogens is 221 g/mol. The Labute approximate surface area is 87.9 Å². The molecule has 0 amide bonds. The van der Waals surface area contributed by atoms with E-state index < -0.39 is 18.2 Å². The topological polar surface area (TPSA) is 45.8 Å². The van der Waals surface area contributed by atoms with E-state index in [1.165, 1.54) is 18.2 Å². The van der Waals surface area contributed by atoms with Crippen LogP contribution in [0.15, 0.2) is 29.3 Å². The fraction of sp³-hybridized carbons (Fsp3) is 0.200. The summed E-state index contributed by atoms with van der Waals surface area (Å²) in [5.74, 6) is 0. The summed E-state index contributed by atoms with van der Waals surface area (Å²) in [6.07, 6.45) is -4.29. The lowest BCUT2D eigenvalue weighted by molar-refractivity contribution is -0.127. The van der Waals surface area contributed by atoms with Gasteiger partial charge in [-0.2, -0.15) is 13.2 Å². The molecule has 0 unspecified atom stereocenters. The molecule has 1 N–H and O–H groups in total. The quantitative estimate of drug-likeness (QED) is 0.811. The zero-order valence-corrected chi connectivity index (χ0v) is 8.01. The summed E-state index contributed by atoms with van der Waals surface area (Å²) < 4.78 is 36.8. The van der Waals surface area contributed by atoms with E-state index in [4.69, 9.17) is 0 Å². The van der Waals surface area contributed by atoms with Gasteiger partial charge in [0.25, 0.3) is 5.56 Å². The Hall–Kier alpha value is -1.85. The third kappa shape index (κ3) is 2.05. The fourth-order valence-electron chi connectivity index (χ4n) is 1.52. The van der Waals surface area contributed by atoms with Crippen LogP contribution in [0.2, 0.25) is 0 Å². The fourth-order valence-corrected chi connectivity index (χ4v) is 1.52. The average molecular weight is 228 g/mol. The lowest BCUT2D eigenvalue weighted by Gasteiger charge is -2.07. The van der Waals surface area contributed by atoms with Crippen LogP contribution < -0.4 is 5.56 Å². The minimum atomic E-state index is -4.31. The van der Waals surface area contributed by atoms with Crippen molar-refractivity contribution in [1.29, 1.82) is 0 Å². The highest BCUT2D eigenvalue weighted by atomic mass is 19.4. The van der Waals surface area contributed by atoms with Crippen molar-refractivity contribution in [3.8, 4) is 0 Å². The van der Waals surface area contributed by atoms with E-state index >= 15 is 0 Å². The van der Waals surface area contributed by atoms with Crippen LogP contribution in [0, 0.1) is 0 Å². The number of nitrogens with one attached hydrogen (secondary N) is 1. The van der Waals surface area contributed by atoms with Crippen LogP contribution in [0.25, 0.3) is 10.9 Å². The van der Waals surface area contributed by atoms with Gasteiger partial charge in [0.2, 0.25) is 0 Å². The van der Waals surface area contributed by atoms with Gasteiger partial charge in [-0.05, 0) is 11.6 Å². The van der Waals surface area contributed by atoms with Crippen molar-refractivity contribution in [1.82, 2.24) is 9.97 Å². The molecule has 0 saturated carbocycles. The molecule has 1 heterocycles. The van der Waals surface area contributed by atoms with E-state index in [0.29, 0.717) is 0 Å². The highest BCUT2D eigenvalue weighted by molar-refractivity contribution is 5.80. The van der Waals surface area contributed by atoms with Crippen LogP contribution in [0.1, 0.15) is 5.56 Å². The van der Waals surface area contributed by atoms with Gasteiger partial charge in [-0.15, -0.1) is 0 Å². The van der Waals surface area contributed by atoms with Crippen molar-refractivity contribution >= 4 is 10.9 Å². The van der Waals surface area contributed by atoms with Crippen LogP contribution in [-0.2, 0) is 6.42 Å². The van der Waals surface area contributed by atoms with Gasteiger partial charge in [-0.3, -0.25) is 4.79 Å². The second-order valence-electron chi connectivity index (χ2n) is 3.34. The summed E-state index contributed by atoms with van der Waals surface area (Å²) in [5.41, 5.74) is -0.325. The number of rotatable bonds is 1. The van der Waals surface area contributed by atoms with Crippen molar-refractivity contribution in [3.63, 3.8) is 0 Å². The Balaban J connectivity index is 2.63. The first kappa shape index (κ1) is 10.7.